The number of fused-ring (bicyclic) bond motifs is 2. The number of phenols is 1. The molecule has 0 aliphatic carbocycles. The van der Waals surface area contributed by atoms with Gasteiger partial charge in [-0.25, -0.2) is 17.6 Å². The van der Waals surface area contributed by atoms with Crippen molar-refractivity contribution in [2.75, 3.05) is 29.6 Å². The molecule has 28 nitrogen and oxygen atoms in total. The maximum absolute atomic E-state index is 12.6. The van der Waals surface area contributed by atoms with Crippen LogP contribution in [-0.4, -0.2) is 107 Å². The number of anilines is 4. The molecular weight excluding hydrogens is 1090 g/mol. The summed E-state index contributed by atoms with van der Waals surface area (Å²) in [5, 5.41) is 29.8. The average Bonchev–Trinajstić information content (AvgIpc) is 3.30. The molecule has 73 heavy (non-hydrogen) atoms. The van der Waals surface area contributed by atoms with Crippen LogP contribution in [-0.2, 0) is 49.5 Å². The van der Waals surface area contributed by atoms with E-state index in [-0.39, 0.29) is 72.1 Å². The first-order valence-corrected chi connectivity index (χ1v) is 27.4. The first-order chi connectivity index (χ1) is 34.1. The minimum Gasteiger partial charge on any atom is -0.505 e. The van der Waals surface area contributed by atoms with E-state index in [2.05, 4.69) is 54.7 Å². The number of rotatable bonds is 18. The van der Waals surface area contributed by atoms with Crippen molar-refractivity contribution in [3.63, 3.8) is 0 Å². The van der Waals surface area contributed by atoms with Gasteiger partial charge in [0.1, 0.15) is 32.0 Å². The summed E-state index contributed by atoms with van der Waals surface area (Å²) >= 11 is 6.33. The van der Waals surface area contributed by atoms with Crippen LogP contribution in [0.25, 0.3) is 21.5 Å². The topological polar surface area (TPSA) is 438 Å². The molecule has 0 amide bonds. The van der Waals surface area contributed by atoms with Crippen LogP contribution in [0.3, 0.4) is 0 Å². The van der Waals surface area contributed by atoms with Gasteiger partial charge >= 0.3 is 10.4 Å². The van der Waals surface area contributed by atoms with Crippen molar-refractivity contribution in [2.24, 2.45) is 31.3 Å². The van der Waals surface area contributed by atoms with Gasteiger partial charge in [-0.15, -0.1) is 10.2 Å². The molecule has 1 aromatic heterocycles. The Kier molecular flexibility index (Phi) is 15.4. The fourth-order valence-corrected chi connectivity index (χ4v) is 10.4. The molecule has 0 fully saturated rings. The third-order valence-corrected chi connectivity index (χ3v) is 14.9. The van der Waals surface area contributed by atoms with Gasteiger partial charge < -0.3 is 33.8 Å². The van der Waals surface area contributed by atoms with Gasteiger partial charge in [0.25, 0.3) is 20.2 Å². The van der Waals surface area contributed by atoms with Crippen LogP contribution >= 0.6 is 22.5 Å². The summed E-state index contributed by atoms with van der Waals surface area (Å²) in [7, 11) is -21.8. The summed E-state index contributed by atoms with van der Waals surface area (Å²) in [6, 6.07) is 19.8. The van der Waals surface area contributed by atoms with E-state index in [0.717, 1.165) is 42.8 Å². The number of aromatic hydroxyl groups is 1. The van der Waals surface area contributed by atoms with Crippen molar-refractivity contribution in [3.8, 4) is 5.75 Å². The molecule has 0 unspecified atom stereocenters. The Morgan fingerprint density at radius 1 is 0.699 bits per heavy atom. The highest BCUT2D eigenvalue weighted by molar-refractivity contribution is 8.19. The summed E-state index contributed by atoms with van der Waals surface area (Å²) in [4.78, 5) is 20.5. The molecule has 0 bridgehead atoms. The van der Waals surface area contributed by atoms with E-state index in [1.54, 1.807) is 0 Å². The lowest BCUT2D eigenvalue weighted by molar-refractivity contribution is 0.284. The van der Waals surface area contributed by atoms with E-state index in [9.17, 15) is 61.5 Å². The number of benzene rings is 6. The number of hydrogen-bond acceptors (Lipinski definition) is 25. The lowest BCUT2D eigenvalue weighted by Gasteiger charge is -2.23. The second-order valence-electron chi connectivity index (χ2n) is 14.7. The summed E-state index contributed by atoms with van der Waals surface area (Å²) in [5.74, 6) is 3.50. The Hall–Kier alpha value is -6.96. The van der Waals surface area contributed by atoms with E-state index >= 15 is 0 Å². The van der Waals surface area contributed by atoms with E-state index in [4.69, 9.17) is 22.1 Å². The number of sulfone groups is 1. The average molecular weight is 1120 g/mol. The Morgan fingerprint density at radius 3 is 2.05 bits per heavy atom. The Morgan fingerprint density at radius 2 is 1.40 bits per heavy atom. The lowest BCUT2D eigenvalue weighted by Crippen LogP contribution is -2.15. The Bertz CT molecular complexity index is 3890. The predicted molar refractivity (Wildman–Crippen MR) is 263 cm³/mol. The number of azo groups is 2. The van der Waals surface area contributed by atoms with Gasteiger partial charge in [0.15, 0.2) is 15.6 Å². The van der Waals surface area contributed by atoms with Crippen molar-refractivity contribution in [1.29, 1.82) is 0 Å². The molecule has 0 spiro atoms. The zero-order valence-corrected chi connectivity index (χ0v) is 41.3. The van der Waals surface area contributed by atoms with Crippen LogP contribution in [0.4, 0.5) is 51.7 Å². The van der Waals surface area contributed by atoms with Crippen molar-refractivity contribution in [2.45, 2.75) is 19.6 Å². The number of phenolic OH excluding ortho intramolecular Hbond substituents is 1. The maximum atomic E-state index is 12.6. The second kappa shape index (κ2) is 20.9. The number of aromatic nitrogens is 3. The monoisotopic (exact) mass is 1120 g/mol. The van der Waals surface area contributed by atoms with Crippen LogP contribution in [0.15, 0.2) is 142 Å². The zero-order valence-electron chi connectivity index (χ0n) is 36.5. The number of hydrogen-bond donors (Lipinski definition) is 9. The summed E-state index contributed by atoms with van der Waals surface area (Å²) in [6.45, 7) is -0.862. The highest BCUT2D eigenvalue weighted by Gasteiger charge is 2.27. The van der Waals surface area contributed by atoms with Gasteiger partial charge in [-0.1, -0.05) is 18.2 Å². The number of nitrogens with zero attached hydrogens (tertiary/aromatic N) is 9. The van der Waals surface area contributed by atoms with Crippen LogP contribution in [0.1, 0.15) is 0 Å². The van der Waals surface area contributed by atoms with E-state index in [1.807, 2.05) is 0 Å². The van der Waals surface area contributed by atoms with E-state index < -0.39 is 89.8 Å². The van der Waals surface area contributed by atoms with Gasteiger partial charge in [-0.3, -0.25) is 13.7 Å². The molecular formula is C39H34ClN11O17S5. The quantitative estimate of drug-likeness (QED) is 0.0129. The van der Waals surface area contributed by atoms with E-state index in [1.165, 1.54) is 72.6 Å². The number of nitrogens with one attached hydrogen (secondary N) is 1. The van der Waals surface area contributed by atoms with Crippen LogP contribution in [0, 0.1) is 0 Å². The third kappa shape index (κ3) is 13.0. The normalized spacial score (nSPS) is 13.2. The molecule has 0 radical (unpaired) electrons. The smallest absolute Gasteiger partial charge is 0.397 e. The lowest BCUT2D eigenvalue weighted by atomic mass is 10.1. The number of nitrogens with two attached hydrogens (primary N) is 1. The third-order valence-electron chi connectivity index (χ3n) is 9.88. The first-order valence-electron chi connectivity index (χ1n) is 19.7. The van der Waals surface area contributed by atoms with Gasteiger partial charge in [0.2, 0.25) is 23.6 Å². The summed E-state index contributed by atoms with van der Waals surface area (Å²) < 4.78 is 159. The van der Waals surface area contributed by atoms with Gasteiger partial charge in [-0.2, -0.15) is 56.3 Å². The van der Waals surface area contributed by atoms with Crippen molar-refractivity contribution < 1.29 is 75.1 Å². The molecule has 0 saturated heterocycles. The van der Waals surface area contributed by atoms with Crippen LogP contribution in [0.2, 0.25) is 5.28 Å². The molecule has 7 aromatic rings. The molecule has 10 N–H and O–H groups in total. The molecule has 0 aliphatic rings. The number of aliphatic imine (C=N–C) groups is 1. The SMILES string of the molecule is CN(c1ccc2cc(S(O)(O)O)c(N=Nc3ccc(S(=O)(=O)CCOS(=O)(=O)O)cc3)c(O)c2c1)c1nc(Cl)nc(Nc2ccc(N=Nc3cc(S(=O)(=O)O)c4cccc(S(=O)(=O)O)c4c3)c(N=CON)c2)n1. The summed E-state index contributed by atoms with van der Waals surface area (Å²) in [6.07, 6.45) is 0.843. The van der Waals surface area contributed by atoms with E-state index in [0.29, 0.717) is 5.69 Å². The largest absolute Gasteiger partial charge is 0.505 e. The standard InChI is InChI=1S/C39H34ClN11O17S5/c1-51(25-9-5-21-15-34(72(61,62)63)35(36(52)28(21)19-25)50-47-22-6-10-26(11-7-22)69(53,54)14-13-68-73(64,65)66)39-45-37(40)44-38(46-39)43-23-8-12-30(31(17-23)42-20-67-41)49-48-24-16-29-27(33(18-24)71(58,59)60)3-2-4-32(29)70(55,56)57/h2-12,15-20,52,61-63H,13-14,41H2,1H3,(H,55,56,57)(H,58,59,60)(H,64,65,66)(H,43,44,45,46). The maximum Gasteiger partial charge on any atom is 0.397 e. The van der Waals surface area contributed by atoms with Crippen LogP contribution in [0.5, 0.6) is 5.75 Å². The molecule has 7 rings (SSSR count). The predicted octanol–water partition coefficient (Wildman–Crippen LogP) is 8.10. The molecule has 384 valence electrons. The minimum absolute atomic E-state index is 0.00936. The van der Waals surface area contributed by atoms with Gasteiger partial charge in [-0.05, 0) is 95.8 Å². The summed E-state index contributed by atoms with van der Waals surface area (Å²) in [5.41, 5.74) is -0.246. The Balaban J connectivity index is 1.16. The minimum atomic E-state index is -4.95. The fraction of sp³-hybridized carbons (Fsp3) is 0.0769. The van der Waals surface area contributed by atoms with Crippen LogP contribution < -0.4 is 16.1 Å². The van der Waals surface area contributed by atoms with Gasteiger partial charge in [0.05, 0.1) is 39.2 Å². The molecule has 0 atom stereocenters. The molecule has 0 saturated carbocycles. The highest BCUT2D eigenvalue weighted by Crippen LogP contribution is 2.54. The molecule has 6 aromatic carbocycles. The Labute approximate surface area is 419 Å². The molecule has 34 heteroatoms. The second-order valence-corrected chi connectivity index (χ2v) is 22.5. The number of halogens is 1. The molecule has 0 aliphatic heterocycles. The van der Waals surface area contributed by atoms with Crippen molar-refractivity contribution in [1.82, 2.24) is 15.0 Å². The molecule has 1 heterocycles. The highest BCUT2D eigenvalue weighted by atomic mass is 35.5. The van der Waals surface area contributed by atoms with Crippen molar-refractivity contribution in [3.05, 3.63) is 102 Å². The zero-order chi connectivity index (χ0) is 53.3. The first kappa shape index (κ1) is 53.8. The fourth-order valence-electron chi connectivity index (χ4n) is 6.62. The van der Waals surface area contributed by atoms with Gasteiger partial charge in [0, 0.05) is 34.6 Å². The van der Waals surface area contributed by atoms with Crippen molar-refractivity contribution >= 4 is 143 Å².